The molecule has 0 saturated heterocycles. The summed E-state index contributed by atoms with van der Waals surface area (Å²) in [5.74, 6) is 0. The van der Waals surface area contributed by atoms with Gasteiger partial charge in [-0.1, -0.05) is 33.8 Å². The number of nitrogen functional groups attached to an aromatic ring is 1. The number of benzene rings is 1. The first kappa shape index (κ1) is 16.5. The molecule has 0 spiro atoms. The molecule has 0 radical (unpaired) electrons. The third-order valence-corrected chi connectivity index (χ3v) is 4.49. The molecular formula is C18H27N3O. The van der Waals surface area contributed by atoms with Gasteiger partial charge in [-0.2, -0.15) is 5.10 Å². The highest BCUT2D eigenvalue weighted by Crippen LogP contribution is 2.39. The van der Waals surface area contributed by atoms with E-state index in [9.17, 15) is 4.79 Å². The van der Waals surface area contributed by atoms with E-state index in [4.69, 9.17) is 5.73 Å². The van der Waals surface area contributed by atoms with Gasteiger partial charge in [0.15, 0.2) is 0 Å². The largest absolute Gasteiger partial charge is 0.399 e. The van der Waals surface area contributed by atoms with Crippen LogP contribution in [0.25, 0.3) is 10.8 Å². The van der Waals surface area contributed by atoms with E-state index in [0.717, 1.165) is 31.1 Å². The quantitative estimate of drug-likeness (QED) is 0.805. The van der Waals surface area contributed by atoms with Gasteiger partial charge in [0, 0.05) is 11.1 Å². The van der Waals surface area contributed by atoms with Crippen molar-refractivity contribution in [3.8, 4) is 0 Å². The molecule has 0 aliphatic heterocycles. The van der Waals surface area contributed by atoms with Crippen molar-refractivity contribution in [3.63, 3.8) is 0 Å². The van der Waals surface area contributed by atoms with Crippen molar-refractivity contribution >= 4 is 16.5 Å². The first-order valence-electron chi connectivity index (χ1n) is 8.23. The second-order valence-corrected chi connectivity index (χ2v) is 6.64. The summed E-state index contributed by atoms with van der Waals surface area (Å²) in [6.45, 7) is 8.58. The second-order valence-electron chi connectivity index (χ2n) is 6.64. The van der Waals surface area contributed by atoms with E-state index in [2.05, 4.69) is 18.9 Å². The van der Waals surface area contributed by atoms with Crippen LogP contribution in [-0.4, -0.2) is 9.78 Å². The minimum atomic E-state index is -0.0143. The summed E-state index contributed by atoms with van der Waals surface area (Å²) in [6, 6.07) is 5.63. The Bertz CT molecular complexity index is 693. The molecular weight excluding hydrogens is 274 g/mol. The summed E-state index contributed by atoms with van der Waals surface area (Å²) in [5, 5.41) is 5.90. The van der Waals surface area contributed by atoms with E-state index < -0.39 is 0 Å². The second kappa shape index (κ2) is 6.51. The Kier molecular flexibility index (Phi) is 4.89. The third kappa shape index (κ3) is 3.32. The van der Waals surface area contributed by atoms with Crippen molar-refractivity contribution in [3.05, 3.63) is 34.7 Å². The van der Waals surface area contributed by atoms with Crippen LogP contribution < -0.4 is 11.3 Å². The van der Waals surface area contributed by atoms with E-state index in [1.54, 1.807) is 23.0 Å². The highest BCUT2D eigenvalue weighted by molar-refractivity contribution is 5.83. The standard InChI is InChI=1S/C16H21N3O.C2H6/c1-16(2)7-5-13(6-8-16)19-15(20)14-9-12(17)4-3-11(14)10-18-19;1-2/h3-4,9-10,13H,5-8,17H2,1-2H3;1-2H3. The first-order valence-corrected chi connectivity index (χ1v) is 8.23. The maximum absolute atomic E-state index is 12.6. The molecule has 2 aromatic rings. The molecule has 0 bridgehead atoms. The number of nitrogens with zero attached hydrogens (tertiary/aromatic N) is 2. The van der Waals surface area contributed by atoms with Gasteiger partial charge < -0.3 is 5.73 Å². The Balaban J connectivity index is 0.000000847. The smallest absolute Gasteiger partial charge is 0.274 e. The van der Waals surface area contributed by atoms with Crippen LogP contribution >= 0.6 is 0 Å². The van der Waals surface area contributed by atoms with Crippen molar-refractivity contribution in [2.75, 3.05) is 5.73 Å². The minimum absolute atomic E-state index is 0.0143. The number of hydrogen-bond donors (Lipinski definition) is 1. The van der Waals surface area contributed by atoms with Crippen LogP contribution in [0.5, 0.6) is 0 Å². The van der Waals surface area contributed by atoms with Crippen molar-refractivity contribution in [1.82, 2.24) is 9.78 Å². The number of nitrogens with two attached hydrogens (primary N) is 1. The maximum atomic E-state index is 12.6. The fourth-order valence-corrected chi connectivity index (χ4v) is 3.06. The monoisotopic (exact) mass is 301 g/mol. The normalized spacial score (nSPS) is 17.8. The molecule has 1 fully saturated rings. The van der Waals surface area contributed by atoms with Crippen molar-refractivity contribution < 1.29 is 0 Å². The van der Waals surface area contributed by atoms with Gasteiger partial charge in [0.2, 0.25) is 0 Å². The lowest BCUT2D eigenvalue weighted by Gasteiger charge is -2.34. The van der Waals surface area contributed by atoms with Gasteiger partial charge in [0.1, 0.15) is 0 Å². The van der Waals surface area contributed by atoms with Crippen LogP contribution in [0, 0.1) is 5.41 Å². The Morgan fingerprint density at radius 1 is 1.23 bits per heavy atom. The van der Waals surface area contributed by atoms with E-state index in [0.29, 0.717) is 16.5 Å². The zero-order valence-corrected chi connectivity index (χ0v) is 14.1. The van der Waals surface area contributed by atoms with E-state index >= 15 is 0 Å². The van der Waals surface area contributed by atoms with Crippen LogP contribution in [0.3, 0.4) is 0 Å². The Morgan fingerprint density at radius 3 is 2.50 bits per heavy atom. The average molecular weight is 301 g/mol. The molecule has 22 heavy (non-hydrogen) atoms. The lowest BCUT2D eigenvalue weighted by molar-refractivity contribution is 0.183. The molecule has 0 amide bonds. The fraction of sp³-hybridized carbons (Fsp3) is 0.556. The molecule has 1 aromatic carbocycles. The lowest BCUT2D eigenvalue weighted by atomic mass is 9.75. The topological polar surface area (TPSA) is 60.9 Å². The van der Waals surface area contributed by atoms with Gasteiger partial charge in [0.05, 0.1) is 17.6 Å². The van der Waals surface area contributed by atoms with E-state index in [1.165, 1.54) is 0 Å². The Hall–Kier alpha value is -1.84. The predicted molar refractivity (Wildman–Crippen MR) is 93.0 cm³/mol. The number of fused-ring (bicyclic) bond motifs is 1. The molecule has 0 atom stereocenters. The molecule has 1 aromatic heterocycles. The van der Waals surface area contributed by atoms with Crippen molar-refractivity contribution in [2.45, 2.75) is 59.4 Å². The number of anilines is 1. The fourth-order valence-electron chi connectivity index (χ4n) is 3.06. The number of rotatable bonds is 1. The summed E-state index contributed by atoms with van der Waals surface area (Å²) in [4.78, 5) is 12.6. The van der Waals surface area contributed by atoms with Gasteiger partial charge in [0.25, 0.3) is 5.56 Å². The zero-order chi connectivity index (χ0) is 16.3. The summed E-state index contributed by atoms with van der Waals surface area (Å²) in [6.07, 6.45) is 6.10. The molecule has 2 N–H and O–H groups in total. The van der Waals surface area contributed by atoms with Gasteiger partial charge in [-0.3, -0.25) is 4.79 Å². The van der Waals surface area contributed by atoms with Gasteiger partial charge >= 0.3 is 0 Å². The van der Waals surface area contributed by atoms with Crippen LogP contribution in [0.1, 0.15) is 59.4 Å². The average Bonchev–Trinajstić information content (AvgIpc) is 2.51. The molecule has 1 aliphatic carbocycles. The lowest BCUT2D eigenvalue weighted by Crippen LogP contribution is -2.31. The van der Waals surface area contributed by atoms with Crippen LogP contribution in [0.15, 0.2) is 29.2 Å². The van der Waals surface area contributed by atoms with Crippen LogP contribution in [0.4, 0.5) is 5.69 Å². The summed E-state index contributed by atoms with van der Waals surface area (Å²) < 4.78 is 1.66. The van der Waals surface area contributed by atoms with Gasteiger partial charge in [-0.15, -0.1) is 0 Å². The van der Waals surface area contributed by atoms with E-state index in [1.807, 2.05) is 19.9 Å². The Labute approximate surface area is 132 Å². The summed E-state index contributed by atoms with van der Waals surface area (Å²) >= 11 is 0. The van der Waals surface area contributed by atoms with E-state index in [-0.39, 0.29) is 11.6 Å². The molecule has 1 saturated carbocycles. The van der Waals surface area contributed by atoms with Crippen molar-refractivity contribution in [1.29, 1.82) is 0 Å². The summed E-state index contributed by atoms with van der Waals surface area (Å²) in [5.41, 5.74) is 6.79. The molecule has 4 nitrogen and oxygen atoms in total. The summed E-state index contributed by atoms with van der Waals surface area (Å²) in [7, 11) is 0. The molecule has 1 aliphatic rings. The van der Waals surface area contributed by atoms with Crippen LogP contribution in [-0.2, 0) is 0 Å². The predicted octanol–water partition coefficient (Wildman–Crippen LogP) is 4.15. The van der Waals surface area contributed by atoms with Crippen molar-refractivity contribution in [2.24, 2.45) is 5.41 Å². The Morgan fingerprint density at radius 2 is 1.86 bits per heavy atom. The zero-order valence-electron chi connectivity index (χ0n) is 14.1. The third-order valence-electron chi connectivity index (χ3n) is 4.49. The molecule has 4 heteroatoms. The van der Waals surface area contributed by atoms with Crippen LogP contribution in [0.2, 0.25) is 0 Å². The molecule has 120 valence electrons. The number of hydrogen-bond acceptors (Lipinski definition) is 3. The SMILES string of the molecule is CC.CC1(C)CCC(n2ncc3ccc(N)cc3c2=O)CC1. The maximum Gasteiger partial charge on any atom is 0.274 e. The molecule has 1 heterocycles. The highest BCUT2D eigenvalue weighted by Gasteiger charge is 2.28. The molecule has 3 rings (SSSR count). The molecule has 0 unspecified atom stereocenters. The first-order chi connectivity index (χ1) is 10.5. The van der Waals surface area contributed by atoms with Gasteiger partial charge in [-0.05, 0) is 43.2 Å². The highest BCUT2D eigenvalue weighted by atomic mass is 16.1. The number of aromatic nitrogens is 2. The minimum Gasteiger partial charge on any atom is -0.399 e. The van der Waals surface area contributed by atoms with Gasteiger partial charge in [-0.25, -0.2) is 4.68 Å².